The van der Waals surface area contributed by atoms with Gasteiger partial charge in [-0.2, -0.15) is 0 Å². The maximum Gasteiger partial charge on any atom is 0.178 e. The molecule has 0 spiro atoms. The molecule has 3 heterocycles. The average Bonchev–Trinajstić information content (AvgIpc) is 3.23. The fourth-order valence-electron chi connectivity index (χ4n) is 2.44. The molecule has 114 valence electrons. The molecule has 2 aromatic rings. The molecule has 23 heavy (non-hydrogen) atoms. The molecule has 0 bridgehead atoms. The first-order valence-corrected chi connectivity index (χ1v) is 7.23. The highest BCUT2D eigenvalue weighted by Gasteiger charge is 2.09. The van der Waals surface area contributed by atoms with Gasteiger partial charge in [0.25, 0.3) is 0 Å². The summed E-state index contributed by atoms with van der Waals surface area (Å²) < 4.78 is 7.19. The van der Waals surface area contributed by atoms with Crippen molar-refractivity contribution in [1.82, 2.24) is 15.0 Å². The molecule has 4 rings (SSSR count). The standard InChI is InChI=1S/C17H14N4O2/c22-13-5-3-12(4-6-13)15-11-19-17-8-7-16(20-21(15)17)18-10-14-2-1-9-23-14/h1-9,11,18,20H,10H2. The summed E-state index contributed by atoms with van der Waals surface area (Å²) in [6, 6.07) is 3.77. The van der Waals surface area contributed by atoms with Gasteiger partial charge in [0.15, 0.2) is 11.3 Å². The number of allylic oxidation sites excluding steroid dienone is 5. The molecule has 6 heteroatoms. The highest BCUT2D eigenvalue weighted by molar-refractivity contribution is 6.04. The van der Waals surface area contributed by atoms with Gasteiger partial charge in [0.2, 0.25) is 0 Å². The van der Waals surface area contributed by atoms with Crippen LogP contribution in [0.5, 0.6) is 0 Å². The van der Waals surface area contributed by atoms with Crippen LogP contribution >= 0.6 is 0 Å². The number of carbonyl (C=O) groups is 1. The van der Waals surface area contributed by atoms with Crippen LogP contribution in [0.3, 0.4) is 0 Å². The first kappa shape index (κ1) is 13.4. The van der Waals surface area contributed by atoms with E-state index in [2.05, 4.69) is 15.7 Å². The van der Waals surface area contributed by atoms with Crippen LogP contribution in [-0.2, 0) is 11.3 Å². The van der Waals surface area contributed by atoms with E-state index in [-0.39, 0.29) is 5.78 Å². The Bertz CT molecular complexity index is 941. The molecule has 6 nitrogen and oxygen atoms in total. The second-order valence-electron chi connectivity index (χ2n) is 5.15. The minimum absolute atomic E-state index is 0.00708. The molecule has 0 saturated carbocycles. The fraction of sp³-hybridized carbons (Fsp3) is 0.0588. The quantitative estimate of drug-likeness (QED) is 0.853. The van der Waals surface area contributed by atoms with Gasteiger partial charge >= 0.3 is 0 Å². The Morgan fingerprint density at radius 1 is 1.22 bits per heavy atom. The lowest BCUT2D eigenvalue weighted by Gasteiger charge is -2.17. The van der Waals surface area contributed by atoms with Gasteiger partial charge < -0.3 is 9.73 Å². The number of aromatic nitrogens is 2. The Labute approximate surface area is 131 Å². The van der Waals surface area contributed by atoms with Crippen molar-refractivity contribution in [1.29, 1.82) is 0 Å². The minimum atomic E-state index is -0.00708. The summed E-state index contributed by atoms with van der Waals surface area (Å²) in [5, 5.41) is 4.16. The van der Waals surface area contributed by atoms with Crippen LogP contribution in [0.25, 0.3) is 11.6 Å². The zero-order valence-corrected chi connectivity index (χ0v) is 12.2. The Morgan fingerprint density at radius 3 is 2.87 bits per heavy atom. The third-order valence-corrected chi connectivity index (χ3v) is 3.60. The molecule has 0 atom stereocenters. The van der Waals surface area contributed by atoms with Gasteiger partial charge in [0, 0.05) is 5.57 Å². The number of nitrogens with one attached hydrogen (secondary N) is 2. The van der Waals surface area contributed by atoms with Crippen LogP contribution in [0.15, 0.2) is 65.2 Å². The van der Waals surface area contributed by atoms with Crippen molar-refractivity contribution in [2.75, 3.05) is 5.43 Å². The Morgan fingerprint density at radius 2 is 2.09 bits per heavy atom. The van der Waals surface area contributed by atoms with Crippen molar-refractivity contribution in [3.8, 4) is 0 Å². The van der Waals surface area contributed by atoms with Gasteiger partial charge in [-0.3, -0.25) is 10.2 Å². The zero-order chi connectivity index (χ0) is 15.6. The number of imidazole rings is 1. The Hall–Kier alpha value is -3.28. The van der Waals surface area contributed by atoms with Crippen LogP contribution in [0.4, 0.5) is 0 Å². The number of nitrogens with zero attached hydrogens (tertiary/aromatic N) is 2. The number of hydrogen-bond donors (Lipinski definition) is 2. The average molecular weight is 306 g/mol. The molecule has 1 aliphatic carbocycles. The van der Waals surface area contributed by atoms with Crippen molar-refractivity contribution in [3.63, 3.8) is 0 Å². The summed E-state index contributed by atoms with van der Waals surface area (Å²) in [4.78, 5) is 15.6. The molecular formula is C17H14N4O2. The number of fused-ring (bicyclic) bond motifs is 1. The smallest absolute Gasteiger partial charge is 0.178 e. The number of hydrogen-bond acceptors (Lipinski definition) is 5. The van der Waals surface area contributed by atoms with Gasteiger partial charge in [-0.15, -0.1) is 0 Å². The van der Waals surface area contributed by atoms with Gasteiger partial charge in [-0.25, -0.2) is 9.66 Å². The van der Waals surface area contributed by atoms with E-state index in [1.807, 2.05) is 29.0 Å². The third kappa shape index (κ3) is 2.62. The van der Waals surface area contributed by atoms with E-state index in [4.69, 9.17) is 4.42 Å². The van der Waals surface area contributed by atoms with E-state index in [1.165, 1.54) is 0 Å². The van der Waals surface area contributed by atoms with Crippen molar-refractivity contribution in [3.05, 3.63) is 77.4 Å². The molecular weight excluding hydrogens is 292 g/mol. The van der Waals surface area contributed by atoms with Crippen molar-refractivity contribution in [2.45, 2.75) is 6.54 Å². The number of ketones is 1. The Balaban J connectivity index is 1.61. The number of furan rings is 1. The normalized spacial score (nSPS) is 15.7. The number of rotatable bonds is 3. The second kappa shape index (κ2) is 5.49. The molecule has 0 aromatic carbocycles. The van der Waals surface area contributed by atoms with E-state index >= 15 is 0 Å². The van der Waals surface area contributed by atoms with E-state index < -0.39 is 0 Å². The van der Waals surface area contributed by atoms with Crippen LogP contribution < -0.4 is 21.6 Å². The molecule has 0 radical (unpaired) electrons. The highest BCUT2D eigenvalue weighted by atomic mass is 16.3. The zero-order valence-electron chi connectivity index (χ0n) is 12.2. The predicted molar refractivity (Wildman–Crippen MR) is 85.6 cm³/mol. The summed E-state index contributed by atoms with van der Waals surface area (Å²) in [5.74, 6) is 1.69. The van der Waals surface area contributed by atoms with Gasteiger partial charge in [-0.05, 0) is 48.6 Å². The summed E-state index contributed by atoms with van der Waals surface area (Å²) >= 11 is 0. The Kier molecular flexibility index (Phi) is 3.20. The van der Waals surface area contributed by atoms with Crippen molar-refractivity contribution in [2.24, 2.45) is 0 Å². The van der Waals surface area contributed by atoms with Crippen molar-refractivity contribution >= 4 is 17.4 Å². The van der Waals surface area contributed by atoms with E-state index in [0.29, 0.717) is 6.54 Å². The molecule has 1 aliphatic heterocycles. The van der Waals surface area contributed by atoms with Crippen LogP contribution in [0.2, 0.25) is 0 Å². The van der Waals surface area contributed by atoms with Gasteiger partial charge in [0.05, 0.1) is 24.4 Å². The van der Waals surface area contributed by atoms with E-state index in [9.17, 15) is 4.79 Å². The summed E-state index contributed by atoms with van der Waals surface area (Å²) in [6.07, 6.45) is 14.0. The molecule has 2 aliphatic rings. The molecule has 2 N–H and O–H groups in total. The SMILES string of the molecule is O=C1C=CC(=c2cnc3n2NC(NCc2ccco2)=CC=3)C=C1. The second-order valence-corrected chi connectivity index (χ2v) is 5.15. The molecule has 0 saturated heterocycles. The third-order valence-electron chi connectivity index (χ3n) is 3.60. The first-order chi connectivity index (χ1) is 11.3. The fourth-order valence-corrected chi connectivity index (χ4v) is 2.44. The molecule has 0 amide bonds. The maximum atomic E-state index is 11.3. The monoisotopic (exact) mass is 306 g/mol. The first-order valence-electron chi connectivity index (χ1n) is 7.23. The van der Waals surface area contributed by atoms with E-state index in [1.54, 1.807) is 36.8 Å². The predicted octanol–water partition coefficient (Wildman–Crippen LogP) is 0.291. The topological polar surface area (TPSA) is 72.1 Å². The van der Waals surface area contributed by atoms with Crippen molar-refractivity contribution < 1.29 is 9.21 Å². The summed E-state index contributed by atoms with van der Waals surface area (Å²) in [6.45, 7) is 0.587. The lowest BCUT2D eigenvalue weighted by molar-refractivity contribution is -0.110. The van der Waals surface area contributed by atoms with Gasteiger partial charge in [0.1, 0.15) is 11.6 Å². The highest BCUT2D eigenvalue weighted by Crippen LogP contribution is 2.05. The van der Waals surface area contributed by atoms with Crippen LogP contribution in [-0.4, -0.2) is 15.4 Å². The maximum absolute atomic E-state index is 11.3. The molecule has 2 aromatic heterocycles. The summed E-state index contributed by atoms with van der Waals surface area (Å²) in [5.41, 5.74) is 5.00. The van der Waals surface area contributed by atoms with E-state index in [0.717, 1.165) is 28.0 Å². The number of carbonyl (C=O) groups excluding carboxylic acids is 1. The van der Waals surface area contributed by atoms with Gasteiger partial charge in [-0.1, -0.05) is 0 Å². The summed E-state index contributed by atoms with van der Waals surface area (Å²) in [7, 11) is 0. The molecule has 0 unspecified atom stereocenters. The largest absolute Gasteiger partial charge is 0.467 e. The van der Waals surface area contributed by atoms with Crippen LogP contribution in [0, 0.1) is 0 Å². The molecule has 0 fully saturated rings. The minimum Gasteiger partial charge on any atom is -0.467 e. The lowest BCUT2D eigenvalue weighted by atomic mass is 10.1. The lowest BCUT2D eigenvalue weighted by Crippen LogP contribution is -2.41. The van der Waals surface area contributed by atoms with Crippen LogP contribution in [0.1, 0.15) is 5.76 Å².